The van der Waals surface area contributed by atoms with Crippen molar-refractivity contribution in [2.24, 2.45) is 0 Å². The Morgan fingerprint density at radius 3 is 2.65 bits per heavy atom. The van der Waals surface area contributed by atoms with Crippen molar-refractivity contribution in [1.82, 2.24) is 9.88 Å². The quantitative estimate of drug-likeness (QED) is 0.653. The number of hydrogen-bond donors (Lipinski definition) is 0. The van der Waals surface area contributed by atoms with Crippen molar-refractivity contribution >= 4 is 10.9 Å². The van der Waals surface area contributed by atoms with Crippen LogP contribution in [0, 0.1) is 0 Å². The highest BCUT2D eigenvalue weighted by atomic mass is 15.2. The number of para-hydroxylation sites is 1. The summed E-state index contributed by atoms with van der Waals surface area (Å²) in [5, 5.41) is 1.21. The maximum Gasteiger partial charge on any atom is 0.0702 e. The number of benzene rings is 2. The zero-order valence-corrected chi connectivity index (χ0v) is 14.0. The second-order valence-electron chi connectivity index (χ2n) is 7.16. The Balaban J connectivity index is 1.91. The molecule has 1 unspecified atom stereocenters. The number of nitrogens with zero attached hydrogens (tertiary/aromatic N) is 2. The predicted molar refractivity (Wildman–Crippen MR) is 95.6 cm³/mol. The van der Waals surface area contributed by atoms with E-state index in [9.17, 15) is 0 Å². The van der Waals surface area contributed by atoms with Gasteiger partial charge in [-0.2, -0.15) is 0 Å². The van der Waals surface area contributed by atoms with Crippen molar-refractivity contribution in [3.8, 4) is 0 Å². The van der Waals surface area contributed by atoms with E-state index in [0.29, 0.717) is 0 Å². The molecule has 0 amide bonds. The zero-order valence-electron chi connectivity index (χ0n) is 14.0. The van der Waals surface area contributed by atoms with E-state index in [2.05, 4.69) is 79.3 Å². The van der Waals surface area contributed by atoms with E-state index in [4.69, 9.17) is 0 Å². The summed E-state index contributed by atoms with van der Waals surface area (Å²) < 4.78 is 0. The molecule has 116 valence electrons. The zero-order chi connectivity index (χ0) is 16.0. The highest BCUT2D eigenvalue weighted by Crippen LogP contribution is 2.41. The van der Waals surface area contributed by atoms with E-state index in [1.807, 2.05) is 12.3 Å². The standard InChI is InChI=1S/C21H22N2/c1-21(2)13-16-9-4-6-10-18(16)20(23(21)3)17-12-15-8-5-7-11-19(15)22-14-17/h4-12,14,20H,13H2,1-3H3. The molecule has 4 rings (SSSR count). The van der Waals surface area contributed by atoms with E-state index < -0.39 is 0 Å². The Labute approximate surface area is 137 Å². The lowest BCUT2D eigenvalue weighted by Gasteiger charge is -2.46. The Morgan fingerprint density at radius 1 is 1.04 bits per heavy atom. The van der Waals surface area contributed by atoms with E-state index in [1.54, 1.807) is 0 Å². The van der Waals surface area contributed by atoms with Crippen LogP contribution in [-0.4, -0.2) is 22.5 Å². The third kappa shape index (κ3) is 2.34. The Hall–Kier alpha value is -2.19. The number of pyridine rings is 1. The fraction of sp³-hybridized carbons (Fsp3) is 0.286. The first-order valence-corrected chi connectivity index (χ1v) is 8.22. The molecule has 3 aromatic rings. The topological polar surface area (TPSA) is 16.1 Å². The molecule has 1 aromatic heterocycles. The second-order valence-corrected chi connectivity index (χ2v) is 7.16. The molecule has 23 heavy (non-hydrogen) atoms. The van der Waals surface area contributed by atoms with Gasteiger partial charge in [0.1, 0.15) is 0 Å². The summed E-state index contributed by atoms with van der Waals surface area (Å²) in [6, 6.07) is 19.7. The van der Waals surface area contributed by atoms with E-state index >= 15 is 0 Å². The fourth-order valence-corrected chi connectivity index (χ4v) is 3.75. The molecule has 0 N–H and O–H groups in total. The molecule has 1 aliphatic rings. The van der Waals surface area contributed by atoms with E-state index in [-0.39, 0.29) is 11.6 Å². The Morgan fingerprint density at radius 2 is 1.78 bits per heavy atom. The number of rotatable bonds is 1. The van der Waals surface area contributed by atoms with Gasteiger partial charge in [0.15, 0.2) is 0 Å². The van der Waals surface area contributed by atoms with Gasteiger partial charge >= 0.3 is 0 Å². The SMILES string of the molecule is CN1C(c2cnc3ccccc3c2)c2ccccc2CC1(C)C. The molecule has 0 spiro atoms. The third-order valence-corrected chi connectivity index (χ3v) is 5.24. The lowest BCUT2D eigenvalue weighted by atomic mass is 9.80. The van der Waals surface area contributed by atoms with Gasteiger partial charge in [0.2, 0.25) is 0 Å². The maximum atomic E-state index is 4.68. The summed E-state index contributed by atoms with van der Waals surface area (Å²) in [7, 11) is 2.23. The van der Waals surface area contributed by atoms with Crippen molar-refractivity contribution < 1.29 is 0 Å². The normalized spacial score (nSPS) is 20.4. The van der Waals surface area contributed by atoms with Crippen LogP contribution in [0.3, 0.4) is 0 Å². The van der Waals surface area contributed by atoms with Crippen molar-refractivity contribution in [2.45, 2.75) is 31.8 Å². The Kier molecular flexibility index (Phi) is 3.24. The molecular formula is C21H22N2. The third-order valence-electron chi connectivity index (χ3n) is 5.24. The van der Waals surface area contributed by atoms with Crippen molar-refractivity contribution in [2.75, 3.05) is 7.05 Å². The molecule has 2 heteroatoms. The highest BCUT2D eigenvalue weighted by molar-refractivity contribution is 5.79. The van der Waals surface area contributed by atoms with Crippen LogP contribution in [-0.2, 0) is 6.42 Å². The van der Waals surface area contributed by atoms with Crippen molar-refractivity contribution in [3.05, 3.63) is 77.5 Å². The molecule has 2 heterocycles. The van der Waals surface area contributed by atoms with Gasteiger partial charge in [-0.25, -0.2) is 0 Å². The molecular weight excluding hydrogens is 280 g/mol. The molecule has 0 saturated heterocycles. The lowest BCUT2D eigenvalue weighted by molar-refractivity contribution is 0.105. The van der Waals surface area contributed by atoms with Gasteiger partial charge in [0, 0.05) is 17.1 Å². The fourth-order valence-electron chi connectivity index (χ4n) is 3.75. The van der Waals surface area contributed by atoms with Crippen LogP contribution in [0.5, 0.6) is 0 Å². The summed E-state index contributed by atoms with van der Waals surface area (Å²) in [6.07, 6.45) is 3.12. The van der Waals surface area contributed by atoms with Gasteiger partial charge in [-0.1, -0.05) is 42.5 Å². The minimum atomic E-state index is 0.130. The van der Waals surface area contributed by atoms with Crippen molar-refractivity contribution in [1.29, 1.82) is 0 Å². The van der Waals surface area contributed by atoms with Crippen LogP contribution in [0.4, 0.5) is 0 Å². The number of hydrogen-bond acceptors (Lipinski definition) is 2. The number of likely N-dealkylation sites (N-methyl/N-ethyl adjacent to an activating group) is 1. The van der Waals surface area contributed by atoms with Crippen LogP contribution in [0.25, 0.3) is 10.9 Å². The van der Waals surface area contributed by atoms with Crippen LogP contribution in [0.1, 0.15) is 36.6 Å². The molecule has 1 atom stereocenters. The lowest BCUT2D eigenvalue weighted by Crippen LogP contribution is -2.49. The Bertz CT molecular complexity index is 866. The van der Waals surface area contributed by atoms with Crippen LogP contribution >= 0.6 is 0 Å². The second kappa shape index (κ2) is 5.17. The summed E-state index contributed by atoms with van der Waals surface area (Å²) in [4.78, 5) is 7.17. The molecule has 0 fully saturated rings. The molecule has 2 nitrogen and oxygen atoms in total. The molecule has 0 aliphatic carbocycles. The van der Waals surface area contributed by atoms with Crippen LogP contribution in [0.15, 0.2) is 60.8 Å². The van der Waals surface area contributed by atoms with Gasteiger partial charge in [0.25, 0.3) is 0 Å². The summed E-state index contributed by atoms with van der Waals surface area (Å²) >= 11 is 0. The average molecular weight is 302 g/mol. The maximum absolute atomic E-state index is 4.68. The van der Waals surface area contributed by atoms with Crippen LogP contribution in [0.2, 0.25) is 0 Å². The molecule has 2 aromatic carbocycles. The summed E-state index contributed by atoms with van der Waals surface area (Å²) in [5.74, 6) is 0. The van der Waals surface area contributed by atoms with Gasteiger partial charge in [-0.3, -0.25) is 9.88 Å². The highest BCUT2D eigenvalue weighted by Gasteiger charge is 2.37. The van der Waals surface area contributed by atoms with E-state index in [1.165, 1.54) is 22.1 Å². The largest absolute Gasteiger partial charge is 0.290 e. The first-order chi connectivity index (χ1) is 11.1. The smallest absolute Gasteiger partial charge is 0.0702 e. The number of aromatic nitrogens is 1. The first kappa shape index (κ1) is 14.4. The minimum Gasteiger partial charge on any atom is -0.290 e. The molecule has 0 saturated carbocycles. The summed E-state index contributed by atoms with van der Waals surface area (Å²) in [6.45, 7) is 4.65. The van der Waals surface area contributed by atoms with Gasteiger partial charge in [-0.15, -0.1) is 0 Å². The summed E-state index contributed by atoms with van der Waals surface area (Å²) in [5.41, 5.74) is 5.32. The van der Waals surface area contributed by atoms with E-state index in [0.717, 1.165) is 11.9 Å². The first-order valence-electron chi connectivity index (χ1n) is 8.22. The molecule has 0 radical (unpaired) electrons. The van der Waals surface area contributed by atoms with Gasteiger partial charge < -0.3 is 0 Å². The van der Waals surface area contributed by atoms with Crippen LogP contribution < -0.4 is 0 Å². The number of fused-ring (bicyclic) bond motifs is 2. The average Bonchev–Trinajstić information content (AvgIpc) is 2.55. The van der Waals surface area contributed by atoms with Crippen molar-refractivity contribution in [3.63, 3.8) is 0 Å². The van der Waals surface area contributed by atoms with Gasteiger partial charge in [0.05, 0.1) is 11.6 Å². The predicted octanol–water partition coefficient (Wildman–Crippen LogP) is 4.59. The minimum absolute atomic E-state index is 0.130. The molecule has 0 bridgehead atoms. The van der Waals surface area contributed by atoms with Gasteiger partial charge in [-0.05, 0) is 56.1 Å². The monoisotopic (exact) mass is 302 g/mol. The molecule has 1 aliphatic heterocycles.